The van der Waals surface area contributed by atoms with Gasteiger partial charge >= 0.3 is 0 Å². The highest BCUT2D eigenvalue weighted by molar-refractivity contribution is 7.07. The normalized spacial score (nSPS) is 15.6. The molecule has 0 radical (unpaired) electrons. The van der Waals surface area contributed by atoms with Crippen LogP contribution in [-0.2, 0) is 13.1 Å². The van der Waals surface area contributed by atoms with Crippen molar-refractivity contribution in [1.82, 2.24) is 9.88 Å². The standard InChI is InChI=1S/C17H23N3S/c1-19(12-16-13-21-14-18-16)11-15-5-7-17(8-6-15)20-9-3-2-4-10-20/h5-8,13-14H,2-4,9-12H2,1H3. The first-order valence-electron chi connectivity index (χ1n) is 7.71. The molecule has 0 atom stereocenters. The summed E-state index contributed by atoms with van der Waals surface area (Å²) in [5.41, 5.74) is 5.80. The van der Waals surface area contributed by atoms with E-state index in [1.807, 2.05) is 5.51 Å². The summed E-state index contributed by atoms with van der Waals surface area (Å²) in [6.07, 6.45) is 4.05. The maximum Gasteiger partial charge on any atom is 0.0795 e. The lowest BCUT2D eigenvalue weighted by Crippen LogP contribution is -2.29. The van der Waals surface area contributed by atoms with Gasteiger partial charge in [0.1, 0.15) is 0 Å². The van der Waals surface area contributed by atoms with Crippen molar-refractivity contribution in [2.45, 2.75) is 32.4 Å². The van der Waals surface area contributed by atoms with Crippen molar-refractivity contribution in [3.05, 3.63) is 46.4 Å². The van der Waals surface area contributed by atoms with Gasteiger partial charge in [-0.15, -0.1) is 11.3 Å². The Morgan fingerprint density at radius 2 is 1.86 bits per heavy atom. The van der Waals surface area contributed by atoms with E-state index in [9.17, 15) is 0 Å². The molecule has 0 spiro atoms. The number of rotatable bonds is 5. The van der Waals surface area contributed by atoms with E-state index in [1.54, 1.807) is 11.3 Å². The van der Waals surface area contributed by atoms with Gasteiger partial charge in [-0.2, -0.15) is 0 Å². The predicted octanol–water partition coefficient (Wildman–Crippen LogP) is 3.77. The van der Waals surface area contributed by atoms with E-state index < -0.39 is 0 Å². The van der Waals surface area contributed by atoms with Crippen molar-refractivity contribution in [3.63, 3.8) is 0 Å². The average molecular weight is 301 g/mol. The van der Waals surface area contributed by atoms with Crippen LogP contribution in [0.4, 0.5) is 5.69 Å². The van der Waals surface area contributed by atoms with Crippen molar-refractivity contribution < 1.29 is 0 Å². The molecule has 1 aromatic carbocycles. The molecule has 0 N–H and O–H groups in total. The van der Waals surface area contributed by atoms with Gasteiger partial charge < -0.3 is 4.90 Å². The summed E-state index contributed by atoms with van der Waals surface area (Å²) in [5, 5.41) is 2.12. The smallest absolute Gasteiger partial charge is 0.0795 e. The highest BCUT2D eigenvalue weighted by Gasteiger charge is 2.10. The zero-order chi connectivity index (χ0) is 14.5. The van der Waals surface area contributed by atoms with Gasteiger partial charge in [0.25, 0.3) is 0 Å². The summed E-state index contributed by atoms with van der Waals surface area (Å²) in [6.45, 7) is 4.31. The summed E-state index contributed by atoms with van der Waals surface area (Å²) in [7, 11) is 2.15. The van der Waals surface area contributed by atoms with Crippen molar-refractivity contribution in [1.29, 1.82) is 0 Å². The molecule has 0 amide bonds. The number of aromatic nitrogens is 1. The number of hydrogen-bond donors (Lipinski definition) is 0. The van der Waals surface area contributed by atoms with Crippen molar-refractivity contribution in [2.75, 3.05) is 25.0 Å². The first-order chi connectivity index (χ1) is 10.3. The molecular formula is C17H23N3S. The lowest BCUT2D eigenvalue weighted by Gasteiger charge is -2.29. The molecule has 0 bridgehead atoms. The van der Waals surface area contributed by atoms with Crippen molar-refractivity contribution in [3.8, 4) is 0 Å². The zero-order valence-electron chi connectivity index (χ0n) is 12.7. The number of anilines is 1. The minimum absolute atomic E-state index is 0.914. The number of piperidine rings is 1. The molecule has 2 aromatic rings. The molecule has 4 heteroatoms. The van der Waals surface area contributed by atoms with Crippen LogP contribution >= 0.6 is 11.3 Å². The van der Waals surface area contributed by atoms with Gasteiger partial charge in [-0.05, 0) is 44.0 Å². The van der Waals surface area contributed by atoms with Gasteiger partial charge in [0, 0.05) is 37.2 Å². The Morgan fingerprint density at radius 3 is 2.52 bits per heavy atom. The third-order valence-corrected chi connectivity index (χ3v) is 4.66. The Bertz CT molecular complexity index is 530. The Balaban J connectivity index is 1.56. The highest BCUT2D eigenvalue weighted by Crippen LogP contribution is 2.20. The van der Waals surface area contributed by atoms with E-state index in [0.717, 1.165) is 18.8 Å². The predicted molar refractivity (Wildman–Crippen MR) is 89.8 cm³/mol. The second kappa shape index (κ2) is 7.05. The van der Waals surface area contributed by atoms with Crippen LogP contribution in [0.3, 0.4) is 0 Å². The van der Waals surface area contributed by atoms with E-state index >= 15 is 0 Å². The molecule has 2 heterocycles. The third-order valence-electron chi connectivity index (χ3n) is 4.03. The second-order valence-electron chi connectivity index (χ2n) is 5.87. The Kier molecular flexibility index (Phi) is 4.88. The fraction of sp³-hybridized carbons (Fsp3) is 0.471. The van der Waals surface area contributed by atoms with E-state index in [1.165, 1.54) is 43.6 Å². The lowest BCUT2D eigenvalue weighted by molar-refractivity contribution is 0.316. The maximum absolute atomic E-state index is 4.34. The van der Waals surface area contributed by atoms with Crippen LogP contribution in [0, 0.1) is 0 Å². The summed E-state index contributed by atoms with van der Waals surface area (Å²) in [6, 6.07) is 9.08. The summed E-state index contributed by atoms with van der Waals surface area (Å²) in [4.78, 5) is 9.16. The van der Waals surface area contributed by atoms with E-state index in [0.29, 0.717) is 0 Å². The first-order valence-corrected chi connectivity index (χ1v) is 8.65. The molecular weight excluding hydrogens is 278 g/mol. The van der Waals surface area contributed by atoms with Crippen LogP contribution in [0.2, 0.25) is 0 Å². The second-order valence-corrected chi connectivity index (χ2v) is 6.58. The molecule has 21 heavy (non-hydrogen) atoms. The van der Waals surface area contributed by atoms with Gasteiger partial charge in [-0.3, -0.25) is 4.90 Å². The molecule has 1 aliphatic rings. The van der Waals surface area contributed by atoms with Crippen molar-refractivity contribution >= 4 is 17.0 Å². The number of hydrogen-bond acceptors (Lipinski definition) is 4. The third kappa shape index (κ3) is 4.05. The van der Waals surface area contributed by atoms with Crippen LogP contribution in [0.25, 0.3) is 0 Å². The van der Waals surface area contributed by atoms with Crippen LogP contribution in [0.1, 0.15) is 30.5 Å². The minimum Gasteiger partial charge on any atom is -0.372 e. The van der Waals surface area contributed by atoms with Crippen LogP contribution < -0.4 is 4.90 Å². The topological polar surface area (TPSA) is 19.4 Å². The minimum atomic E-state index is 0.914. The van der Waals surface area contributed by atoms with E-state index in [4.69, 9.17) is 0 Å². The average Bonchev–Trinajstić information content (AvgIpc) is 3.02. The molecule has 0 unspecified atom stereocenters. The van der Waals surface area contributed by atoms with Gasteiger partial charge in [0.05, 0.1) is 11.2 Å². The number of benzene rings is 1. The quantitative estimate of drug-likeness (QED) is 0.838. The maximum atomic E-state index is 4.34. The molecule has 112 valence electrons. The summed E-state index contributed by atoms with van der Waals surface area (Å²) in [5.74, 6) is 0. The van der Waals surface area contributed by atoms with Crippen LogP contribution in [-0.4, -0.2) is 30.0 Å². The van der Waals surface area contributed by atoms with Crippen LogP contribution in [0.15, 0.2) is 35.2 Å². The lowest BCUT2D eigenvalue weighted by atomic mass is 10.1. The molecule has 3 nitrogen and oxygen atoms in total. The SMILES string of the molecule is CN(Cc1ccc(N2CCCCC2)cc1)Cc1cscn1. The Hall–Kier alpha value is -1.39. The monoisotopic (exact) mass is 301 g/mol. The number of thiazole rings is 1. The van der Waals surface area contributed by atoms with E-state index in [-0.39, 0.29) is 0 Å². The molecule has 0 saturated carbocycles. The Morgan fingerprint density at radius 1 is 1.10 bits per heavy atom. The molecule has 1 aliphatic heterocycles. The molecule has 1 fully saturated rings. The summed E-state index contributed by atoms with van der Waals surface area (Å²) >= 11 is 1.66. The summed E-state index contributed by atoms with van der Waals surface area (Å²) < 4.78 is 0. The first kappa shape index (κ1) is 14.5. The fourth-order valence-corrected chi connectivity index (χ4v) is 3.47. The van der Waals surface area contributed by atoms with Gasteiger partial charge in [0.2, 0.25) is 0 Å². The number of nitrogens with zero attached hydrogens (tertiary/aromatic N) is 3. The highest BCUT2D eigenvalue weighted by atomic mass is 32.1. The molecule has 1 aromatic heterocycles. The largest absolute Gasteiger partial charge is 0.372 e. The Labute approximate surface area is 131 Å². The van der Waals surface area contributed by atoms with Gasteiger partial charge in [0.15, 0.2) is 0 Å². The van der Waals surface area contributed by atoms with E-state index in [2.05, 4.69) is 51.5 Å². The molecule has 3 rings (SSSR count). The van der Waals surface area contributed by atoms with Gasteiger partial charge in [-0.1, -0.05) is 12.1 Å². The zero-order valence-corrected chi connectivity index (χ0v) is 13.5. The van der Waals surface area contributed by atoms with Crippen LogP contribution in [0.5, 0.6) is 0 Å². The fourth-order valence-electron chi connectivity index (χ4n) is 2.92. The molecule has 1 saturated heterocycles. The molecule has 0 aliphatic carbocycles. The van der Waals surface area contributed by atoms with Gasteiger partial charge in [-0.25, -0.2) is 4.98 Å². The van der Waals surface area contributed by atoms with Crippen molar-refractivity contribution in [2.24, 2.45) is 0 Å².